The van der Waals surface area contributed by atoms with Crippen LogP contribution in [0.3, 0.4) is 0 Å². The number of nitrogens with two attached hydrogens (primary N) is 1. The number of aliphatic hydroxyl groups is 2. The van der Waals surface area contributed by atoms with Gasteiger partial charge in [-0.3, -0.25) is 5.41 Å². The van der Waals surface area contributed by atoms with Crippen LogP contribution in [-0.2, 0) is 14.3 Å². The number of amidine groups is 1. The Bertz CT molecular complexity index is 666. The van der Waals surface area contributed by atoms with Crippen molar-refractivity contribution in [2.24, 2.45) is 17.8 Å². The van der Waals surface area contributed by atoms with Crippen molar-refractivity contribution in [1.82, 2.24) is 10.6 Å². The zero-order valence-corrected chi connectivity index (χ0v) is 19.0. The minimum absolute atomic E-state index is 0.0375. The molecule has 6 atom stereocenters. The molecule has 0 aromatic rings. The predicted octanol–water partition coefficient (Wildman–Crippen LogP) is -0.116. The molecular formula is C23H40N3O5+. The van der Waals surface area contributed by atoms with Crippen molar-refractivity contribution in [3.8, 4) is 0 Å². The van der Waals surface area contributed by atoms with Gasteiger partial charge in [0.25, 0.3) is 5.84 Å². The Morgan fingerprint density at radius 3 is 2.81 bits per heavy atom. The summed E-state index contributed by atoms with van der Waals surface area (Å²) in [6, 6.07) is -0.0724. The number of amides is 1. The molecule has 3 aliphatic rings. The minimum Gasteiger partial charge on any atom is -0.375 e. The van der Waals surface area contributed by atoms with Crippen molar-refractivity contribution < 1.29 is 29.9 Å². The third-order valence-electron chi connectivity index (χ3n) is 6.82. The Hall–Kier alpha value is -1.32. The average Bonchev–Trinajstić information content (AvgIpc) is 2.91. The highest BCUT2D eigenvalue weighted by Crippen LogP contribution is 2.34. The Kier molecular flexibility index (Phi) is 8.64. The maximum atomic E-state index is 13.0. The topological polar surface area (TPSA) is 126 Å². The van der Waals surface area contributed by atoms with E-state index in [1.54, 1.807) is 0 Å². The van der Waals surface area contributed by atoms with E-state index in [1.807, 2.05) is 19.9 Å². The monoisotopic (exact) mass is 438 g/mol. The lowest BCUT2D eigenvalue weighted by Gasteiger charge is -2.35. The second kappa shape index (κ2) is 11.0. The SMILES string of the molecule is CC(C)OC1CCC(C(=O)NC(=[NH2+])C2=CCCC3C(CC(O)O)NCCOC23)CC1C. The van der Waals surface area contributed by atoms with Crippen molar-refractivity contribution in [2.45, 2.75) is 89.9 Å². The summed E-state index contributed by atoms with van der Waals surface area (Å²) in [7, 11) is 0. The molecule has 1 saturated heterocycles. The van der Waals surface area contributed by atoms with Crippen LogP contribution >= 0.6 is 0 Å². The van der Waals surface area contributed by atoms with Crippen molar-refractivity contribution in [1.29, 1.82) is 0 Å². The normalized spacial score (nSPS) is 34.1. The Balaban J connectivity index is 1.60. The van der Waals surface area contributed by atoms with Crippen molar-refractivity contribution in [2.75, 3.05) is 13.2 Å². The molecule has 0 aromatic heterocycles. The molecule has 0 bridgehead atoms. The Labute approximate surface area is 185 Å². The number of carbonyl (C=O) groups is 1. The molecule has 1 saturated carbocycles. The van der Waals surface area contributed by atoms with Gasteiger partial charge in [0.15, 0.2) is 6.29 Å². The molecule has 1 amide bonds. The minimum atomic E-state index is -1.37. The summed E-state index contributed by atoms with van der Waals surface area (Å²) in [4.78, 5) is 13.0. The molecule has 8 heteroatoms. The van der Waals surface area contributed by atoms with Gasteiger partial charge in [0.1, 0.15) is 0 Å². The van der Waals surface area contributed by atoms with Crippen LogP contribution in [0.4, 0.5) is 0 Å². The maximum absolute atomic E-state index is 13.0. The van der Waals surface area contributed by atoms with Crippen LogP contribution in [0, 0.1) is 17.8 Å². The lowest BCUT2D eigenvalue weighted by Crippen LogP contribution is -2.57. The molecule has 0 spiro atoms. The molecule has 176 valence electrons. The molecule has 8 nitrogen and oxygen atoms in total. The number of ether oxygens (including phenoxy) is 2. The second-order valence-corrected chi connectivity index (χ2v) is 9.58. The van der Waals surface area contributed by atoms with E-state index in [2.05, 4.69) is 17.6 Å². The first-order valence-electron chi connectivity index (χ1n) is 11.8. The highest BCUT2D eigenvalue weighted by atomic mass is 16.5. The number of hydrogen-bond donors (Lipinski definition) is 5. The van der Waals surface area contributed by atoms with Crippen molar-refractivity contribution in [3.63, 3.8) is 0 Å². The summed E-state index contributed by atoms with van der Waals surface area (Å²) in [5.74, 6) is 0.647. The quantitative estimate of drug-likeness (QED) is 0.224. The Morgan fingerprint density at radius 2 is 2.13 bits per heavy atom. The maximum Gasteiger partial charge on any atom is 0.310 e. The molecule has 0 radical (unpaired) electrons. The van der Waals surface area contributed by atoms with Crippen LogP contribution in [0.1, 0.15) is 59.3 Å². The summed E-state index contributed by atoms with van der Waals surface area (Å²) < 4.78 is 12.1. The fourth-order valence-electron chi connectivity index (χ4n) is 5.35. The lowest BCUT2D eigenvalue weighted by atomic mass is 9.78. The lowest BCUT2D eigenvalue weighted by molar-refractivity contribution is -0.134. The van der Waals surface area contributed by atoms with Crippen LogP contribution in [0.5, 0.6) is 0 Å². The predicted molar refractivity (Wildman–Crippen MR) is 117 cm³/mol. The van der Waals surface area contributed by atoms with E-state index in [4.69, 9.17) is 14.9 Å². The van der Waals surface area contributed by atoms with E-state index in [0.717, 1.165) is 37.7 Å². The van der Waals surface area contributed by atoms with Gasteiger partial charge in [0, 0.05) is 24.9 Å². The standard InChI is InChI=1S/C23H39N3O5/c1-13(2)31-19-8-7-15(11-14(19)3)23(29)26-22(24)17-6-4-5-16-18(12-20(27)28)25-9-10-30-21(16)17/h6,13-16,18-21,25,27-28H,4-5,7-12H2,1-3H3,(H2,24,26,29)/p+1. The summed E-state index contributed by atoms with van der Waals surface area (Å²) in [6.45, 7) is 7.39. The number of aliphatic hydroxyl groups excluding tert-OH is 1. The van der Waals surface area contributed by atoms with Crippen molar-refractivity contribution in [3.05, 3.63) is 11.6 Å². The third kappa shape index (κ3) is 6.35. The highest BCUT2D eigenvalue weighted by molar-refractivity contribution is 6.05. The van der Waals surface area contributed by atoms with E-state index in [0.29, 0.717) is 24.9 Å². The van der Waals surface area contributed by atoms with Gasteiger partial charge in [-0.05, 0) is 51.9 Å². The molecule has 1 aliphatic heterocycles. The van der Waals surface area contributed by atoms with Crippen LogP contribution in [0.2, 0.25) is 0 Å². The molecule has 0 aromatic carbocycles. The summed E-state index contributed by atoms with van der Waals surface area (Å²) in [5.41, 5.74) is 0.815. The molecule has 1 heterocycles. The van der Waals surface area contributed by atoms with E-state index >= 15 is 0 Å². The van der Waals surface area contributed by atoms with Gasteiger partial charge in [0.05, 0.1) is 36.4 Å². The molecule has 6 unspecified atom stereocenters. The molecule has 3 rings (SSSR count). The van der Waals surface area contributed by atoms with Gasteiger partial charge in [0.2, 0.25) is 0 Å². The zero-order chi connectivity index (χ0) is 22.5. The van der Waals surface area contributed by atoms with E-state index in [9.17, 15) is 15.0 Å². The first-order chi connectivity index (χ1) is 14.8. The first-order valence-corrected chi connectivity index (χ1v) is 11.8. The van der Waals surface area contributed by atoms with Gasteiger partial charge in [-0.1, -0.05) is 13.0 Å². The summed E-state index contributed by atoms with van der Waals surface area (Å²) in [6.07, 6.45) is 5.20. The number of fused-ring (bicyclic) bond motifs is 1. The van der Waals surface area contributed by atoms with Gasteiger partial charge in [-0.15, -0.1) is 0 Å². The van der Waals surface area contributed by atoms with E-state index in [1.165, 1.54) is 0 Å². The molecule has 31 heavy (non-hydrogen) atoms. The van der Waals surface area contributed by atoms with E-state index in [-0.39, 0.29) is 48.5 Å². The smallest absolute Gasteiger partial charge is 0.310 e. The zero-order valence-electron chi connectivity index (χ0n) is 19.0. The van der Waals surface area contributed by atoms with Gasteiger partial charge in [-0.25, -0.2) is 10.1 Å². The fourth-order valence-corrected chi connectivity index (χ4v) is 5.35. The number of nitrogens with one attached hydrogen (secondary N) is 2. The summed E-state index contributed by atoms with van der Waals surface area (Å²) >= 11 is 0. The van der Waals surface area contributed by atoms with Crippen LogP contribution in [0.25, 0.3) is 0 Å². The van der Waals surface area contributed by atoms with Crippen LogP contribution in [0.15, 0.2) is 11.6 Å². The third-order valence-corrected chi connectivity index (χ3v) is 6.82. The molecule has 2 aliphatic carbocycles. The van der Waals surface area contributed by atoms with Crippen LogP contribution < -0.4 is 16.0 Å². The highest BCUT2D eigenvalue weighted by Gasteiger charge is 2.41. The molecular weight excluding hydrogens is 398 g/mol. The largest absolute Gasteiger partial charge is 0.375 e. The molecule has 2 fully saturated rings. The summed E-state index contributed by atoms with van der Waals surface area (Å²) in [5, 5.41) is 31.7. The number of rotatable bonds is 6. The van der Waals surface area contributed by atoms with Gasteiger partial charge < -0.3 is 25.0 Å². The molecule has 6 N–H and O–H groups in total. The van der Waals surface area contributed by atoms with E-state index < -0.39 is 6.29 Å². The number of allylic oxidation sites excluding steroid dienone is 1. The number of carbonyl (C=O) groups excluding carboxylic acids is 1. The Morgan fingerprint density at radius 1 is 1.35 bits per heavy atom. The fraction of sp³-hybridized carbons (Fsp3) is 0.826. The average molecular weight is 439 g/mol. The van der Waals surface area contributed by atoms with Gasteiger partial charge in [-0.2, -0.15) is 0 Å². The van der Waals surface area contributed by atoms with Crippen LogP contribution in [-0.4, -0.2) is 65.8 Å². The van der Waals surface area contributed by atoms with Crippen molar-refractivity contribution >= 4 is 11.7 Å². The van der Waals surface area contributed by atoms with Gasteiger partial charge >= 0.3 is 5.91 Å². The second-order valence-electron chi connectivity index (χ2n) is 9.58. The first kappa shape index (κ1) is 24.3. The number of hydrogen-bond acceptors (Lipinski definition) is 6.